The van der Waals surface area contributed by atoms with E-state index in [-0.39, 0.29) is 11.8 Å². The van der Waals surface area contributed by atoms with Crippen LogP contribution in [0, 0.1) is 12.8 Å². The highest BCUT2D eigenvalue weighted by Crippen LogP contribution is 2.20. The molecule has 1 aliphatic rings. The number of ether oxygens (including phenoxy) is 1. The zero-order valence-electron chi connectivity index (χ0n) is 12.9. The molecule has 1 amide bonds. The molecule has 1 fully saturated rings. The normalized spacial score (nSPS) is 17.8. The smallest absolute Gasteiger partial charge is 0.228 e. The third-order valence-corrected chi connectivity index (χ3v) is 4.68. The van der Waals surface area contributed by atoms with Crippen molar-refractivity contribution in [1.82, 2.24) is 19.7 Å². The molecule has 1 saturated heterocycles. The van der Waals surface area contributed by atoms with Crippen molar-refractivity contribution in [2.45, 2.75) is 26.4 Å². The van der Waals surface area contributed by atoms with Gasteiger partial charge in [0.2, 0.25) is 5.91 Å². The number of carbonyl (C=O) groups excluding carboxylic acids is 1. The Bertz CT molecular complexity index is 613. The molecular formula is C15H20N4O2S. The number of nitrogens with zero attached hydrogens (tertiary/aromatic N) is 4. The predicted octanol–water partition coefficient (Wildman–Crippen LogP) is 1.75. The minimum Gasteiger partial charge on any atom is -0.381 e. The average molecular weight is 320 g/mol. The van der Waals surface area contributed by atoms with Crippen molar-refractivity contribution in [1.29, 1.82) is 0 Å². The zero-order chi connectivity index (χ0) is 15.5. The molecule has 0 bridgehead atoms. The second-order valence-electron chi connectivity index (χ2n) is 5.58. The summed E-state index contributed by atoms with van der Waals surface area (Å²) >= 11 is 1.57. The summed E-state index contributed by atoms with van der Waals surface area (Å²) in [4.78, 5) is 18.9. The highest BCUT2D eigenvalue weighted by atomic mass is 32.1. The summed E-state index contributed by atoms with van der Waals surface area (Å²) < 4.78 is 7.19. The number of hydrogen-bond donors (Lipinski definition) is 0. The molecule has 3 rings (SSSR count). The first kappa shape index (κ1) is 15.2. The van der Waals surface area contributed by atoms with Gasteiger partial charge in [-0.05, 0) is 19.4 Å². The Morgan fingerprint density at radius 2 is 2.41 bits per heavy atom. The second kappa shape index (κ2) is 6.58. The van der Waals surface area contributed by atoms with Gasteiger partial charge in [-0.2, -0.15) is 5.10 Å². The summed E-state index contributed by atoms with van der Waals surface area (Å²) in [6.07, 6.45) is 2.57. The van der Waals surface area contributed by atoms with Crippen LogP contribution in [0.3, 0.4) is 0 Å². The third kappa shape index (κ3) is 3.36. The lowest BCUT2D eigenvalue weighted by Crippen LogP contribution is -2.35. The van der Waals surface area contributed by atoms with Gasteiger partial charge in [-0.15, -0.1) is 11.3 Å². The molecule has 2 aromatic heterocycles. The van der Waals surface area contributed by atoms with Crippen LogP contribution in [0.25, 0.3) is 0 Å². The molecule has 1 aliphatic heterocycles. The number of carbonyl (C=O) groups is 1. The number of amides is 1. The topological polar surface area (TPSA) is 60.3 Å². The Labute approximate surface area is 133 Å². The molecular weight excluding hydrogens is 300 g/mol. The van der Waals surface area contributed by atoms with E-state index in [4.69, 9.17) is 4.74 Å². The van der Waals surface area contributed by atoms with Crippen LogP contribution >= 0.6 is 11.3 Å². The van der Waals surface area contributed by atoms with Crippen molar-refractivity contribution in [2.24, 2.45) is 13.0 Å². The lowest BCUT2D eigenvalue weighted by molar-refractivity contribution is -0.136. The lowest BCUT2D eigenvalue weighted by Gasteiger charge is -2.23. The van der Waals surface area contributed by atoms with E-state index in [9.17, 15) is 4.79 Å². The van der Waals surface area contributed by atoms with Gasteiger partial charge in [-0.1, -0.05) is 0 Å². The summed E-state index contributed by atoms with van der Waals surface area (Å²) in [5, 5.41) is 7.34. The van der Waals surface area contributed by atoms with E-state index in [0.717, 1.165) is 22.8 Å². The van der Waals surface area contributed by atoms with Gasteiger partial charge >= 0.3 is 0 Å². The molecule has 0 unspecified atom stereocenters. The average Bonchev–Trinajstić information content (AvgIpc) is 3.22. The molecule has 0 aromatic carbocycles. The maximum absolute atomic E-state index is 12.8. The second-order valence-corrected chi connectivity index (χ2v) is 6.56. The van der Waals surface area contributed by atoms with Crippen LogP contribution in [0.2, 0.25) is 0 Å². The SMILES string of the molecule is Cc1cc(CN(Cc2nccs2)C(=O)[C@H]2CCOC2)nn1C. The third-order valence-electron chi connectivity index (χ3n) is 3.92. The van der Waals surface area contributed by atoms with Crippen LogP contribution in [-0.2, 0) is 29.7 Å². The maximum atomic E-state index is 12.8. The summed E-state index contributed by atoms with van der Waals surface area (Å²) in [7, 11) is 1.91. The van der Waals surface area contributed by atoms with E-state index in [2.05, 4.69) is 10.1 Å². The summed E-state index contributed by atoms with van der Waals surface area (Å²) in [6, 6.07) is 2.02. The van der Waals surface area contributed by atoms with Crippen molar-refractivity contribution >= 4 is 17.2 Å². The Hall–Kier alpha value is -1.73. The fourth-order valence-corrected chi connectivity index (χ4v) is 3.23. The quantitative estimate of drug-likeness (QED) is 0.842. The van der Waals surface area contributed by atoms with Crippen LogP contribution in [0.15, 0.2) is 17.6 Å². The molecule has 0 radical (unpaired) electrons. The molecule has 7 heteroatoms. The van der Waals surface area contributed by atoms with Crippen LogP contribution in [0.1, 0.15) is 22.8 Å². The summed E-state index contributed by atoms with van der Waals surface area (Å²) in [5.41, 5.74) is 1.99. The van der Waals surface area contributed by atoms with Gasteiger partial charge in [0.25, 0.3) is 0 Å². The van der Waals surface area contributed by atoms with Crippen molar-refractivity contribution < 1.29 is 9.53 Å². The van der Waals surface area contributed by atoms with Crippen LogP contribution in [0.5, 0.6) is 0 Å². The minimum atomic E-state index is -0.0372. The molecule has 2 aromatic rings. The predicted molar refractivity (Wildman–Crippen MR) is 83.2 cm³/mol. The number of aromatic nitrogens is 3. The monoisotopic (exact) mass is 320 g/mol. The molecule has 0 N–H and O–H groups in total. The fourth-order valence-electron chi connectivity index (χ4n) is 2.60. The highest BCUT2D eigenvalue weighted by Gasteiger charge is 2.29. The molecule has 118 valence electrons. The molecule has 3 heterocycles. The van der Waals surface area contributed by atoms with Gasteiger partial charge < -0.3 is 9.64 Å². The van der Waals surface area contributed by atoms with Crippen LogP contribution in [-0.4, -0.2) is 38.8 Å². The van der Waals surface area contributed by atoms with Crippen molar-refractivity contribution in [3.05, 3.63) is 34.0 Å². The molecule has 0 aliphatic carbocycles. The van der Waals surface area contributed by atoms with E-state index < -0.39 is 0 Å². The van der Waals surface area contributed by atoms with E-state index in [1.807, 2.05) is 35.0 Å². The van der Waals surface area contributed by atoms with Crippen LogP contribution in [0.4, 0.5) is 0 Å². The van der Waals surface area contributed by atoms with Gasteiger partial charge in [0.1, 0.15) is 5.01 Å². The van der Waals surface area contributed by atoms with E-state index in [0.29, 0.717) is 26.3 Å². The standard InChI is InChI=1S/C15H20N4O2S/c1-11-7-13(17-18(11)2)8-19(9-14-16-4-6-22-14)15(20)12-3-5-21-10-12/h4,6-7,12H,3,5,8-10H2,1-2H3/t12-/m0/s1. The number of hydrogen-bond acceptors (Lipinski definition) is 5. The summed E-state index contributed by atoms with van der Waals surface area (Å²) in [5.74, 6) is 0.0979. The lowest BCUT2D eigenvalue weighted by atomic mass is 10.1. The Kier molecular flexibility index (Phi) is 4.54. The largest absolute Gasteiger partial charge is 0.381 e. The van der Waals surface area contributed by atoms with Crippen molar-refractivity contribution in [3.8, 4) is 0 Å². The van der Waals surface area contributed by atoms with Gasteiger partial charge in [-0.3, -0.25) is 9.48 Å². The molecule has 0 saturated carbocycles. The van der Waals surface area contributed by atoms with Gasteiger partial charge in [0.15, 0.2) is 0 Å². The van der Waals surface area contributed by atoms with Crippen molar-refractivity contribution in [3.63, 3.8) is 0 Å². The first-order chi connectivity index (χ1) is 10.6. The Balaban J connectivity index is 1.76. The maximum Gasteiger partial charge on any atom is 0.228 e. The van der Waals surface area contributed by atoms with Crippen LogP contribution < -0.4 is 0 Å². The molecule has 1 atom stereocenters. The summed E-state index contributed by atoms with van der Waals surface area (Å²) in [6.45, 7) is 4.24. The zero-order valence-corrected chi connectivity index (χ0v) is 13.7. The first-order valence-corrected chi connectivity index (χ1v) is 8.26. The molecule has 22 heavy (non-hydrogen) atoms. The van der Waals surface area contributed by atoms with Gasteiger partial charge in [0, 0.05) is 30.9 Å². The van der Waals surface area contributed by atoms with E-state index >= 15 is 0 Å². The van der Waals surface area contributed by atoms with Crippen molar-refractivity contribution in [2.75, 3.05) is 13.2 Å². The number of thiazole rings is 1. The Morgan fingerprint density at radius 3 is 3.00 bits per heavy atom. The number of aryl methyl sites for hydroxylation is 2. The van der Waals surface area contributed by atoms with Gasteiger partial charge in [0.05, 0.1) is 31.3 Å². The number of rotatable bonds is 5. The minimum absolute atomic E-state index is 0.0372. The van der Waals surface area contributed by atoms with E-state index in [1.165, 1.54) is 0 Å². The van der Waals surface area contributed by atoms with Gasteiger partial charge in [-0.25, -0.2) is 4.98 Å². The van der Waals surface area contributed by atoms with E-state index in [1.54, 1.807) is 17.5 Å². The Morgan fingerprint density at radius 1 is 1.55 bits per heavy atom. The first-order valence-electron chi connectivity index (χ1n) is 7.38. The fraction of sp³-hybridized carbons (Fsp3) is 0.533. The molecule has 0 spiro atoms. The highest BCUT2D eigenvalue weighted by molar-refractivity contribution is 7.09. The molecule has 6 nitrogen and oxygen atoms in total.